The summed E-state index contributed by atoms with van der Waals surface area (Å²) >= 11 is 0. The molecule has 1 aliphatic heterocycles. The zero-order valence-corrected chi connectivity index (χ0v) is 12.4. The Balaban J connectivity index is 2.12. The van der Waals surface area contributed by atoms with Gasteiger partial charge < -0.3 is 10.2 Å². The molecule has 1 aliphatic rings. The third-order valence-corrected chi connectivity index (χ3v) is 4.37. The summed E-state index contributed by atoms with van der Waals surface area (Å²) in [6.45, 7) is 6.27. The Hall–Kier alpha value is -1.42. The van der Waals surface area contributed by atoms with Gasteiger partial charge in [-0.2, -0.15) is 0 Å². The summed E-state index contributed by atoms with van der Waals surface area (Å²) in [5.41, 5.74) is 0.507. The minimum Gasteiger partial charge on any atom is -0.341 e. The fourth-order valence-corrected chi connectivity index (χ4v) is 2.99. The topological polar surface area (TPSA) is 32.3 Å². The molecule has 1 atom stereocenters. The number of nitrogens with one attached hydrogen (secondary N) is 1. The number of carbonyl (C=O) groups excluding carboxylic acids is 1. The van der Waals surface area contributed by atoms with E-state index in [9.17, 15) is 9.18 Å². The van der Waals surface area contributed by atoms with Gasteiger partial charge in [0.15, 0.2) is 0 Å². The molecule has 1 unspecified atom stereocenters. The van der Waals surface area contributed by atoms with Crippen molar-refractivity contribution in [1.29, 1.82) is 0 Å². The van der Waals surface area contributed by atoms with Crippen molar-refractivity contribution in [3.05, 3.63) is 35.6 Å². The Kier molecular flexibility index (Phi) is 4.43. The lowest BCUT2D eigenvalue weighted by atomic mass is 9.75. The fourth-order valence-electron chi connectivity index (χ4n) is 2.99. The first-order chi connectivity index (χ1) is 9.45. The number of nitrogens with zero attached hydrogens (tertiary/aromatic N) is 1. The number of hydrogen-bond acceptors (Lipinski definition) is 2. The lowest BCUT2D eigenvalue weighted by molar-refractivity contribution is -0.142. The number of benzene rings is 1. The third-order valence-electron chi connectivity index (χ3n) is 4.37. The second kappa shape index (κ2) is 5.92. The molecule has 20 heavy (non-hydrogen) atoms. The predicted octanol–water partition coefficient (Wildman–Crippen LogP) is 2.42. The van der Waals surface area contributed by atoms with Crippen LogP contribution in [0.5, 0.6) is 0 Å². The highest BCUT2D eigenvalue weighted by molar-refractivity contribution is 5.83. The van der Waals surface area contributed by atoms with E-state index in [1.54, 1.807) is 18.0 Å². The van der Waals surface area contributed by atoms with Gasteiger partial charge in [-0.1, -0.05) is 26.0 Å². The van der Waals surface area contributed by atoms with E-state index >= 15 is 0 Å². The summed E-state index contributed by atoms with van der Waals surface area (Å²) < 4.78 is 13.2. The van der Waals surface area contributed by atoms with Gasteiger partial charge in [0.2, 0.25) is 5.91 Å². The molecule has 110 valence electrons. The third kappa shape index (κ3) is 2.85. The van der Waals surface area contributed by atoms with Crippen molar-refractivity contribution in [2.75, 3.05) is 20.1 Å². The molecule has 0 spiro atoms. The summed E-state index contributed by atoms with van der Waals surface area (Å²) in [5, 5.41) is 3.30. The molecule has 1 heterocycles. The highest BCUT2D eigenvalue weighted by Gasteiger charge is 2.45. The molecule has 0 aliphatic carbocycles. The number of rotatable bonds is 4. The number of carbonyl (C=O) groups is 1. The largest absolute Gasteiger partial charge is 0.341 e. The molecule has 1 saturated heterocycles. The molecule has 1 N–H and O–H groups in total. The zero-order valence-electron chi connectivity index (χ0n) is 12.4. The van der Waals surface area contributed by atoms with Gasteiger partial charge >= 0.3 is 0 Å². The van der Waals surface area contributed by atoms with Crippen molar-refractivity contribution in [2.45, 2.75) is 26.8 Å². The first-order valence-corrected chi connectivity index (χ1v) is 7.16. The van der Waals surface area contributed by atoms with E-state index in [-0.39, 0.29) is 17.1 Å². The summed E-state index contributed by atoms with van der Waals surface area (Å²) in [6.07, 6.45) is 0.872. The lowest BCUT2D eigenvalue weighted by Crippen LogP contribution is -2.46. The standard InChI is InChI=1S/C16H23FN2O/c1-12(2)16(7-8-18-11-16)15(20)19(3)10-13-5-4-6-14(17)9-13/h4-6,9,12,18H,7-8,10-11H2,1-3H3. The molecule has 0 aromatic heterocycles. The van der Waals surface area contributed by atoms with Crippen LogP contribution >= 0.6 is 0 Å². The van der Waals surface area contributed by atoms with Crippen molar-refractivity contribution in [2.24, 2.45) is 11.3 Å². The van der Waals surface area contributed by atoms with Crippen LogP contribution in [0.4, 0.5) is 4.39 Å². The van der Waals surface area contributed by atoms with Crippen LogP contribution in [0.3, 0.4) is 0 Å². The quantitative estimate of drug-likeness (QED) is 0.917. The van der Waals surface area contributed by atoms with E-state index in [1.165, 1.54) is 12.1 Å². The molecular formula is C16H23FN2O. The molecule has 1 aromatic carbocycles. The van der Waals surface area contributed by atoms with E-state index in [1.807, 2.05) is 6.07 Å². The van der Waals surface area contributed by atoms with E-state index in [4.69, 9.17) is 0 Å². The minimum atomic E-state index is -0.317. The van der Waals surface area contributed by atoms with Gasteiger partial charge in [-0.3, -0.25) is 4.79 Å². The number of halogens is 1. The molecule has 2 rings (SSSR count). The van der Waals surface area contributed by atoms with E-state index < -0.39 is 0 Å². The summed E-state index contributed by atoms with van der Waals surface area (Å²) in [6, 6.07) is 6.43. The Morgan fingerprint density at radius 2 is 2.25 bits per heavy atom. The summed E-state index contributed by atoms with van der Waals surface area (Å²) in [4.78, 5) is 14.5. The number of amides is 1. The van der Waals surface area contributed by atoms with Crippen LogP contribution < -0.4 is 5.32 Å². The van der Waals surface area contributed by atoms with Gasteiger partial charge in [0, 0.05) is 20.1 Å². The summed E-state index contributed by atoms with van der Waals surface area (Å²) in [5.74, 6) is 0.186. The van der Waals surface area contributed by atoms with Gasteiger partial charge in [-0.25, -0.2) is 4.39 Å². The molecular weight excluding hydrogens is 255 g/mol. The molecule has 0 saturated carbocycles. The predicted molar refractivity (Wildman–Crippen MR) is 77.6 cm³/mol. The van der Waals surface area contributed by atoms with Crippen LogP contribution in [0.1, 0.15) is 25.8 Å². The molecule has 3 nitrogen and oxygen atoms in total. The Morgan fingerprint density at radius 3 is 2.80 bits per heavy atom. The van der Waals surface area contributed by atoms with E-state index in [0.717, 1.165) is 25.1 Å². The minimum absolute atomic E-state index is 0.154. The van der Waals surface area contributed by atoms with Crippen molar-refractivity contribution in [1.82, 2.24) is 10.2 Å². The Morgan fingerprint density at radius 1 is 1.50 bits per heavy atom. The second-order valence-electron chi connectivity index (χ2n) is 6.03. The maximum atomic E-state index is 13.2. The molecule has 0 bridgehead atoms. The van der Waals surface area contributed by atoms with Crippen molar-refractivity contribution < 1.29 is 9.18 Å². The maximum Gasteiger partial charge on any atom is 0.230 e. The van der Waals surface area contributed by atoms with Gasteiger partial charge in [-0.15, -0.1) is 0 Å². The van der Waals surface area contributed by atoms with Gasteiger partial charge in [0.1, 0.15) is 5.82 Å². The van der Waals surface area contributed by atoms with Crippen LogP contribution in [-0.4, -0.2) is 30.9 Å². The average Bonchev–Trinajstić information content (AvgIpc) is 2.88. The molecule has 1 fully saturated rings. The first kappa shape index (κ1) is 15.0. The monoisotopic (exact) mass is 278 g/mol. The average molecular weight is 278 g/mol. The SMILES string of the molecule is CC(C)C1(C(=O)N(C)Cc2cccc(F)c2)CCNC1. The molecule has 4 heteroatoms. The highest BCUT2D eigenvalue weighted by Crippen LogP contribution is 2.36. The van der Waals surface area contributed by atoms with E-state index in [0.29, 0.717) is 12.5 Å². The van der Waals surface area contributed by atoms with Crippen molar-refractivity contribution in [3.8, 4) is 0 Å². The molecule has 0 radical (unpaired) electrons. The van der Waals surface area contributed by atoms with Crippen molar-refractivity contribution in [3.63, 3.8) is 0 Å². The smallest absolute Gasteiger partial charge is 0.230 e. The van der Waals surface area contributed by atoms with Crippen LogP contribution in [0.2, 0.25) is 0 Å². The summed E-state index contributed by atoms with van der Waals surface area (Å²) in [7, 11) is 1.80. The van der Waals surface area contributed by atoms with Gasteiger partial charge in [0.05, 0.1) is 5.41 Å². The second-order valence-corrected chi connectivity index (χ2v) is 6.03. The lowest BCUT2D eigenvalue weighted by Gasteiger charge is -2.35. The zero-order chi connectivity index (χ0) is 14.8. The highest BCUT2D eigenvalue weighted by atomic mass is 19.1. The Bertz CT molecular complexity index is 481. The molecule has 1 aromatic rings. The van der Waals surface area contributed by atoms with Crippen LogP contribution in [0, 0.1) is 17.2 Å². The van der Waals surface area contributed by atoms with Crippen LogP contribution in [-0.2, 0) is 11.3 Å². The first-order valence-electron chi connectivity index (χ1n) is 7.16. The van der Waals surface area contributed by atoms with Crippen LogP contribution in [0.25, 0.3) is 0 Å². The normalized spacial score (nSPS) is 22.2. The van der Waals surface area contributed by atoms with E-state index in [2.05, 4.69) is 19.2 Å². The number of hydrogen-bond donors (Lipinski definition) is 1. The van der Waals surface area contributed by atoms with Crippen LogP contribution in [0.15, 0.2) is 24.3 Å². The van der Waals surface area contributed by atoms with Crippen molar-refractivity contribution >= 4 is 5.91 Å². The Labute approximate surface area is 120 Å². The van der Waals surface area contributed by atoms with Gasteiger partial charge in [-0.05, 0) is 36.6 Å². The van der Waals surface area contributed by atoms with Gasteiger partial charge in [0.25, 0.3) is 0 Å². The fraction of sp³-hybridized carbons (Fsp3) is 0.562. The maximum absolute atomic E-state index is 13.2. The molecule has 1 amide bonds.